The molecule has 0 saturated carbocycles. The molecule has 1 aliphatic heterocycles. The van der Waals surface area contributed by atoms with Crippen LogP contribution in [0.1, 0.15) is 30.1 Å². The number of esters is 1. The minimum absolute atomic E-state index is 0.0563. The van der Waals surface area contributed by atoms with Crippen LogP contribution in [-0.2, 0) is 4.74 Å². The second-order valence-electron chi connectivity index (χ2n) is 4.73. The Bertz CT molecular complexity index is 399. The molecule has 0 spiro atoms. The molecule has 98 valence electrons. The minimum atomic E-state index is -0.241. The van der Waals surface area contributed by atoms with Crippen molar-refractivity contribution < 1.29 is 9.53 Å². The number of carbonyl (C=O) groups excluding carboxylic acids is 1. The Kier molecular flexibility index (Phi) is 4.78. The third-order valence-electron chi connectivity index (χ3n) is 3.10. The van der Waals surface area contributed by atoms with Crippen LogP contribution in [0.25, 0.3) is 0 Å². The molecule has 18 heavy (non-hydrogen) atoms. The van der Waals surface area contributed by atoms with E-state index in [1.54, 1.807) is 12.1 Å². The first-order valence-corrected chi connectivity index (χ1v) is 7.13. The summed E-state index contributed by atoms with van der Waals surface area (Å²) in [5.41, 5.74) is 0.603. The molecule has 3 nitrogen and oxygen atoms in total. The Labute approximate surface area is 116 Å². The topological polar surface area (TPSA) is 29.5 Å². The minimum Gasteiger partial charge on any atom is -0.458 e. The van der Waals surface area contributed by atoms with Crippen molar-refractivity contribution in [3.8, 4) is 0 Å². The maximum atomic E-state index is 11.9. The van der Waals surface area contributed by atoms with Gasteiger partial charge in [0.15, 0.2) is 0 Å². The Morgan fingerprint density at radius 3 is 2.56 bits per heavy atom. The van der Waals surface area contributed by atoms with Crippen LogP contribution in [0, 0.1) is 0 Å². The van der Waals surface area contributed by atoms with E-state index >= 15 is 0 Å². The van der Waals surface area contributed by atoms with E-state index in [2.05, 4.69) is 20.8 Å². The highest BCUT2D eigenvalue weighted by atomic mass is 79.9. The summed E-state index contributed by atoms with van der Waals surface area (Å²) in [5.74, 6) is -0.241. The van der Waals surface area contributed by atoms with Crippen LogP contribution in [0.3, 0.4) is 0 Å². The normalized spacial score (nSPS) is 17.7. The molecule has 0 bridgehead atoms. The van der Waals surface area contributed by atoms with Crippen molar-refractivity contribution in [2.45, 2.75) is 25.9 Å². The largest absolute Gasteiger partial charge is 0.458 e. The molecule has 0 N–H and O–H groups in total. The molecule has 0 aliphatic carbocycles. The van der Waals surface area contributed by atoms with Gasteiger partial charge in [-0.3, -0.25) is 4.90 Å². The lowest BCUT2D eigenvalue weighted by molar-refractivity contribution is 0.0271. The zero-order valence-corrected chi connectivity index (χ0v) is 12.1. The summed E-state index contributed by atoms with van der Waals surface area (Å²) in [6.45, 7) is 5.04. The molecular weight excluding hydrogens is 294 g/mol. The zero-order chi connectivity index (χ0) is 13.0. The van der Waals surface area contributed by atoms with Crippen LogP contribution in [-0.4, -0.2) is 36.6 Å². The average molecular weight is 312 g/mol. The summed E-state index contributed by atoms with van der Waals surface area (Å²) in [5, 5.41) is 0. The number of nitrogens with zero attached hydrogens (tertiary/aromatic N) is 1. The van der Waals surface area contributed by atoms with Gasteiger partial charge in [-0.1, -0.05) is 15.9 Å². The van der Waals surface area contributed by atoms with Gasteiger partial charge in [0, 0.05) is 11.0 Å². The van der Waals surface area contributed by atoms with Gasteiger partial charge in [0.1, 0.15) is 6.10 Å². The van der Waals surface area contributed by atoms with E-state index in [9.17, 15) is 4.79 Å². The van der Waals surface area contributed by atoms with E-state index in [1.807, 2.05) is 19.1 Å². The van der Waals surface area contributed by atoms with Gasteiger partial charge in [-0.05, 0) is 57.1 Å². The van der Waals surface area contributed by atoms with Crippen LogP contribution >= 0.6 is 15.9 Å². The van der Waals surface area contributed by atoms with E-state index < -0.39 is 0 Å². The molecule has 0 radical (unpaired) electrons. The average Bonchev–Trinajstić information content (AvgIpc) is 2.82. The van der Waals surface area contributed by atoms with Gasteiger partial charge in [-0.2, -0.15) is 0 Å². The molecule has 1 aromatic carbocycles. The zero-order valence-electron chi connectivity index (χ0n) is 10.6. The van der Waals surface area contributed by atoms with Gasteiger partial charge >= 0.3 is 5.97 Å². The second-order valence-corrected chi connectivity index (χ2v) is 5.65. The van der Waals surface area contributed by atoms with Crippen LogP contribution in [0.4, 0.5) is 0 Å². The van der Waals surface area contributed by atoms with Gasteiger partial charge in [-0.15, -0.1) is 0 Å². The van der Waals surface area contributed by atoms with Crippen molar-refractivity contribution in [1.82, 2.24) is 4.90 Å². The van der Waals surface area contributed by atoms with Crippen molar-refractivity contribution in [2.24, 2.45) is 0 Å². The van der Waals surface area contributed by atoms with Gasteiger partial charge < -0.3 is 4.74 Å². The van der Waals surface area contributed by atoms with Gasteiger partial charge in [0.2, 0.25) is 0 Å². The number of ether oxygens (including phenoxy) is 1. The van der Waals surface area contributed by atoms with E-state index in [0.717, 1.165) is 24.1 Å². The molecule has 1 atom stereocenters. The van der Waals surface area contributed by atoms with Crippen LogP contribution in [0.2, 0.25) is 0 Å². The maximum absolute atomic E-state index is 11.9. The first-order chi connectivity index (χ1) is 8.65. The fourth-order valence-corrected chi connectivity index (χ4v) is 2.47. The molecule has 4 heteroatoms. The summed E-state index contributed by atoms with van der Waals surface area (Å²) in [4.78, 5) is 14.2. The Morgan fingerprint density at radius 2 is 1.94 bits per heavy atom. The van der Waals surface area contributed by atoms with Gasteiger partial charge in [-0.25, -0.2) is 4.79 Å². The third-order valence-corrected chi connectivity index (χ3v) is 3.63. The summed E-state index contributed by atoms with van der Waals surface area (Å²) in [6, 6.07) is 7.24. The van der Waals surface area contributed by atoms with Crippen molar-refractivity contribution >= 4 is 21.9 Å². The standard InChI is InChI=1S/C14H18BrNO2/c1-11(10-16-8-2-3-9-16)18-14(17)12-4-6-13(15)7-5-12/h4-7,11H,2-3,8-10H2,1H3/t11-/m0/s1. The van der Waals surface area contributed by atoms with Crippen LogP contribution in [0.15, 0.2) is 28.7 Å². The van der Waals surface area contributed by atoms with Crippen molar-refractivity contribution in [3.63, 3.8) is 0 Å². The molecule has 0 amide bonds. The third kappa shape index (κ3) is 3.82. The fourth-order valence-electron chi connectivity index (χ4n) is 2.20. The number of rotatable bonds is 4. The highest BCUT2D eigenvalue weighted by molar-refractivity contribution is 9.10. The van der Waals surface area contributed by atoms with Gasteiger partial charge in [0.25, 0.3) is 0 Å². The molecule has 1 saturated heterocycles. The molecule has 0 unspecified atom stereocenters. The highest BCUT2D eigenvalue weighted by Gasteiger charge is 2.17. The molecule has 0 aromatic heterocycles. The molecular formula is C14H18BrNO2. The lowest BCUT2D eigenvalue weighted by Gasteiger charge is -2.20. The number of benzene rings is 1. The quantitative estimate of drug-likeness (QED) is 0.800. The molecule has 2 rings (SSSR count). The van der Waals surface area contributed by atoms with Crippen LogP contribution < -0.4 is 0 Å². The summed E-state index contributed by atoms with van der Waals surface area (Å²) >= 11 is 3.34. The smallest absolute Gasteiger partial charge is 0.338 e. The monoisotopic (exact) mass is 311 g/mol. The second kappa shape index (κ2) is 6.34. The molecule has 1 aromatic rings. The Morgan fingerprint density at radius 1 is 1.33 bits per heavy atom. The Hall–Kier alpha value is -0.870. The van der Waals surface area contributed by atoms with E-state index in [0.29, 0.717) is 5.56 Å². The number of hydrogen-bond acceptors (Lipinski definition) is 3. The number of hydrogen-bond donors (Lipinski definition) is 0. The Balaban J connectivity index is 1.84. The van der Waals surface area contributed by atoms with E-state index in [4.69, 9.17) is 4.74 Å². The van der Waals surface area contributed by atoms with Crippen molar-refractivity contribution in [1.29, 1.82) is 0 Å². The SMILES string of the molecule is C[C@@H](CN1CCCC1)OC(=O)c1ccc(Br)cc1. The lowest BCUT2D eigenvalue weighted by Crippen LogP contribution is -2.31. The van der Waals surface area contributed by atoms with E-state index in [-0.39, 0.29) is 12.1 Å². The fraction of sp³-hybridized carbons (Fsp3) is 0.500. The predicted octanol–water partition coefficient (Wildman–Crippen LogP) is 3.09. The summed E-state index contributed by atoms with van der Waals surface area (Å²) in [6.07, 6.45) is 2.46. The number of likely N-dealkylation sites (tertiary alicyclic amines) is 1. The number of halogens is 1. The number of carbonyl (C=O) groups is 1. The molecule has 1 fully saturated rings. The first kappa shape index (κ1) is 13.6. The summed E-state index contributed by atoms with van der Waals surface area (Å²) < 4.78 is 6.40. The predicted molar refractivity (Wildman–Crippen MR) is 74.7 cm³/mol. The van der Waals surface area contributed by atoms with Crippen molar-refractivity contribution in [2.75, 3.05) is 19.6 Å². The lowest BCUT2D eigenvalue weighted by atomic mass is 10.2. The van der Waals surface area contributed by atoms with Crippen LogP contribution in [0.5, 0.6) is 0 Å². The molecule has 1 aliphatic rings. The first-order valence-electron chi connectivity index (χ1n) is 6.34. The maximum Gasteiger partial charge on any atom is 0.338 e. The van der Waals surface area contributed by atoms with E-state index in [1.165, 1.54) is 12.8 Å². The highest BCUT2D eigenvalue weighted by Crippen LogP contribution is 2.13. The van der Waals surface area contributed by atoms with Gasteiger partial charge in [0.05, 0.1) is 5.56 Å². The summed E-state index contributed by atoms with van der Waals surface area (Å²) in [7, 11) is 0. The molecule has 1 heterocycles. The van der Waals surface area contributed by atoms with Crippen molar-refractivity contribution in [3.05, 3.63) is 34.3 Å².